The summed E-state index contributed by atoms with van der Waals surface area (Å²) in [5, 5.41) is 0. The maximum atomic E-state index is 12.6. The number of nitrogens with zero attached hydrogens (tertiary/aromatic N) is 1. The summed E-state index contributed by atoms with van der Waals surface area (Å²) < 4.78 is 31.5. The van der Waals surface area contributed by atoms with Gasteiger partial charge in [-0.15, -0.1) is 11.6 Å². The number of hydrogen-bond acceptors (Lipinski definition) is 3. The third-order valence-electron chi connectivity index (χ3n) is 3.23. The van der Waals surface area contributed by atoms with Crippen LogP contribution in [0.1, 0.15) is 18.1 Å². The number of benzene rings is 1. The zero-order valence-electron chi connectivity index (χ0n) is 11.7. The van der Waals surface area contributed by atoms with Crippen molar-refractivity contribution in [2.45, 2.75) is 30.7 Å². The van der Waals surface area contributed by atoms with Gasteiger partial charge in [-0.3, -0.25) is 0 Å². The molecule has 0 aromatic heterocycles. The molecule has 108 valence electrons. The first-order valence-corrected chi connectivity index (χ1v) is 7.95. The molecule has 0 radical (unpaired) electrons. The first-order valence-electron chi connectivity index (χ1n) is 5.97. The highest BCUT2D eigenvalue weighted by Crippen LogP contribution is 2.24. The maximum absolute atomic E-state index is 12.6. The van der Waals surface area contributed by atoms with E-state index in [2.05, 4.69) is 0 Å². The summed E-state index contributed by atoms with van der Waals surface area (Å²) in [5.41, 5.74) is 1.53. The number of alkyl halides is 1. The Bertz CT molecular complexity index is 531. The third-order valence-corrected chi connectivity index (χ3v) is 5.63. The van der Waals surface area contributed by atoms with Crippen LogP contribution in [0.25, 0.3) is 0 Å². The van der Waals surface area contributed by atoms with Gasteiger partial charge in [0, 0.05) is 26.1 Å². The Morgan fingerprint density at radius 3 is 2.58 bits per heavy atom. The molecule has 0 N–H and O–H groups in total. The second-order valence-electron chi connectivity index (χ2n) is 4.50. The van der Waals surface area contributed by atoms with Gasteiger partial charge in [0.05, 0.1) is 11.5 Å². The van der Waals surface area contributed by atoms with Gasteiger partial charge in [0.2, 0.25) is 10.0 Å². The van der Waals surface area contributed by atoms with E-state index in [-0.39, 0.29) is 6.04 Å². The fraction of sp³-hybridized carbons (Fsp3) is 0.538. The standard InChI is InChI=1S/C13H20ClNO3S/c1-10(9-18-4)15(3)19(16,17)13-7-5-6-12(8-14)11(13)2/h5-7,10H,8-9H2,1-4H3. The predicted octanol–water partition coefficient (Wildman–Crippen LogP) is 2.39. The van der Waals surface area contributed by atoms with Crippen molar-refractivity contribution in [1.29, 1.82) is 0 Å². The van der Waals surface area contributed by atoms with E-state index >= 15 is 0 Å². The van der Waals surface area contributed by atoms with Crippen molar-refractivity contribution in [3.05, 3.63) is 29.3 Å². The summed E-state index contributed by atoms with van der Waals surface area (Å²) in [6.45, 7) is 3.94. The minimum atomic E-state index is -3.53. The van der Waals surface area contributed by atoms with E-state index < -0.39 is 10.0 Å². The Morgan fingerprint density at radius 2 is 2.05 bits per heavy atom. The predicted molar refractivity (Wildman–Crippen MR) is 77.0 cm³/mol. The van der Waals surface area contributed by atoms with Crippen molar-refractivity contribution in [1.82, 2.24) is 4.31 Å². The van der Waals surface area contributed by atoms with Gasteiger partial charge in [0.25, 0.3) is 0 Å². The number of sulfonamides is 1. The van der Waals surface area contributed by atoms with Crippen LogP contribution in [0.15, 0.2) is 23.1 Å². The van der Waals surface area contributed by atoms with Crippen LogP contribution in [0, 0.1) is 6.92 Å². The molecule has 0 bridgehead atoms. The Morgan fingerprint density at radius 1 is 1.42 bits per heavy atom. The van der Waals surface area contributed by atoms with Gasteiger partial charge in [-0.25, -0.2) is 8.42 Å². The highest BCUT2D eigenvalue weighted by Gasteiger charge is 2.27. The molecule has 0 aliphatic rings. The fourth-order valence-electron chi connectivity index (χ4n) is 1.82. The monoisotopic (exact) mass is 305 g/mol. The molecule has 4 nitrogen and oxygen atoms in total. The first-order chi connectivity index (χ1) is 8.86. The Hall–Kier alpha value is -0.620. The van der Waals surface area contributed by atoms with Gasteiger partial charge in [-0.1, -0.05) is 12.1 Å². The minimum absolute atomic E-state index is 0.228. The lowest BCUT2D eigenvalue weighted by Crippen LogP contribution is -2.38. The Balaban J connectivity index is 3.20. The Kier molecular flexibility index (Phi) is 5.80. The second kappa shape index (κ2) is 6.70. The summed E-state index contributed by atoms with van der Waals surface area (Å²) in [7, 11) is -0.416. The van der Waals surface area contributed by atoms with Gasteiger partial charge in [0.15, 0.2) is 0 Å². The third kappa shape index (κ3) is 3.48. The molecule has 0 saturated carbocycles. The van der Waals surface area contributed by atoms with E-state index in [0.29, 0.717) is 22.9 Å². The molecule has 0 aliphatic carbocycles. The van der Waals surface area contributed by atoms with Crippen LogP contribution in [0.5, 0.6) is 0 Å². The zero-order valence-corrected chi connectivity index (χ0v) is 13.3. The van der Waals surface area contributed by atoms with Crippen LogP contribution >= 0.6 is 11.6 Å². The molecular formula is C13H20ClNO3S. The number of hydrogen-bond donors (Lipinski definition) is 0. The van der Waals surface area contributed by atoms with Crippen LogP contribution in [-0.4, -0.2) is 39.5 Å². The van der Waals surface area contributed by atoms with Crippen LogP contribution in [-0.2, 0) is 20.6 Å². The normalized spacial score (nSPS) is 13.8. The molecule has 0 heterocycles. The molecule has 0 fully saturated rings. The number of likely N-dealkylation sites (N-methyl/N-ethyl adjacent to an activating group) is 1. The number of halogens is 1. The van der Waals surface area contributed by atoms with Gasteiger partial charge >= 0.3 is 0 Å². The highest BCUT2D eigenvalue weighted by atomic mass is 35.5. The van der Waals surface area contributed by atoms with Crippen molar-refractivity contribution in [3.8, 4) is 0 Å². The number of ether oxygens (including phenoxy) is 1. The molecule has 1 aromatic rings. The average molecular weight is 306 g/mol. The van der Waals surface area contributed by atoms with Gasteiger partial charge in [-0.05, 0) is 31.0 Å². The summed E-state index contributed by atoms with van der Waals surface area (Å²) in [4.78, 5) is 0.302. The number of methoxy groups -OCH3 is 1. The van der Waals surface area contributed by atoms with Gasteiger partial charge < -0.3 is 4.74 Å². The zero-order chi connectivity index (χ0) is 14.6. The Labute approximate surface area is 120 Å². The van der Waals surface area contributed by atoms with E-state index in [1.54, 1.807) is 33.2 Å². The molecule has 0 saturated heterocycles. The van der Waals surface area contributed by atoms with Crippen LogP contribution in [0.3, 0.4) is 0 Å². The van der Waals surface area contributed by atoms with Crippen molar-refractivity contribution in [2.75, 3.05) is 20.8 Å². The first kappa shape index (κ1) is 16.4. The summed E-state index contributed by atoms with van der Waals surface area (Å²) in [5.74, 6) is 0.298. The van der Waals surface area contributed by atoms with Crippen LogP contribution < -0.4 is 0 Å². The smallest absolute Gasteiger partial charge is 0.243 e. The van der Waals surface area contributed by atoms with Gasteiger partial charge in [0.1, 0.15) is 0 Å². The lowest BCUT2D eigenvalue weighted by atomic mass is 10.1. The SMILES string of the molecule is COCC(C)N(C)S(=O)(=O)c1cccc(CCl)c1C. The molecule has 0 spiro atoms. The molecule has 1 unspecified atom stereocenters. The van der Waals surface area contributed by atoms with E-state index in [9.17, 15) is 8.42 Å². The van der Waals surface area contributed by atoms with E-state index in [1.807, 2.05) is 13.0 Å². The van der Waals surface area contributed by atoms with Crippen molar-refractivity contribution >= 4 is 21.6 Å². The van der Waals surface area contributed by atoms with Gasteiger partial charge in [-0.2, -0.15) is 4.31 Å². The molecule has 19 heavy (non-hydrogen) atoms. The second-order valence-corrected chi connectivity index (χ2v) is 6.73. The topological polar surface area (TPSA) is 46.6 Å². The van der Waals surface area contributed by atoms with Crippen molar-refractivity contribution in [2.24, 2.45) is 0 Å². The lowest BCUT2D eigenvalue weighted by molar-refractivity contribution is 0.149. The van der Waals surface area contributed by atoms with Crippen LogP contribution in [0.2, 0.25) is 0 Å². The average Bonchev–Trinajstić information content (AvgIpc) is 2.38. The molecule has 6 heteroatoms. The maximum Gasteiger partial charge on any atom is 0.243 e. The molecule has 0 amide bonds. The molecule has 1 atom stereocenters. The van der Waals surface area contributed by atoms with E-state index in [0.717, 1.165) is 5.56 Å². The largest absolute Gasteiger partial charge is 0.383 e. The number of rotatable bonds is 6. The highest BCUT2D eigenvalue weighted by molar-refractivity contribution is 7.89. The molecule has 1 aromatic carbocycles. The fourth-order valence-corrected chi connectivity index (χ4v) is 3.73. The van der Waals surface area contributed by atoms with Crippen molar-refractivity contribution < 1.29 is 13.2 Å². The summed E-state index contributed by atoms with van der Waals surface area (Å²) in [6.07, 6.45) is 0. The molecular weight excluding hydrogens is 286 g/mol. The quantitative estimate of drug-likeness (QED) is 0.758. The lowest BCUT2D eigenvalue weighted by Gasteiger charge is -2.24. The molecule has 1 rings (SSSR count). The van der Waals surface area contributed by atoms with Crippen molar-refractivity contribution in [3.63, 3.8) is 0 Å². The molecule has 0 aliphatic heterocycles. The van der Waals surface area contributed by atoms with E-state index in [1.165, 1.54) is 4.31 Å². The van der Waals surface area contributed by atoms with E-state index in [4.69, 9.17) is 16.3 Å². The minimum Gasteiger partial charge on any atom is -0.383 e. The van der Waals surface area contributed by atoms with Crippen LogP contribution in [0.4, 0.5) is 0 Å². The summed E-state index contributed by atoms with van der Waals surface area (Å²) in [6, 6.07) is 4.93. The summed E-state index contributed by atoms with van der Waals surface area (Å²) >= 11 is 5.82.